The Hall–Kier alpha value is 0.217. The molecule has 0 N–H and O–H groups in total. The maximum atomic E-state index is 2.52. The summed E-state index contributed by atoms with van der Waals surface area (Å²) in [5.41, 5.74) is 0. The monoisotopic (exact) mass is 186 g/mol. The van der Waals surface area contributed by atoms with Crippen LogP contribution in [0.25, 0.3) is 0 Å². The summed E-state index contributed by atoms with van der Waals surface area (Å²) in [4.78, 5) is 0. The number of hydrogen-bond acceptors (Lipinski definition) is 0. The first-order valence-corrected chi connectivity index (χ1v) is 8.06. The third kappa shape index (κ3) is 1.93. The minimum Gasteiger partial charge on any atom is -0.0686 e. The molecule has 12 heavy (non-hydrogen) atoms. The van der Waals surface area contributed by atoms with E-state index in [-0.39, 0.29) is 0 Å². The predicted molar refractivity (Wildman–Crippen MR) is 61.5 cm³/mol. The third-order valence-electron chi connectivity index (χ3n) is 4.45. The average Bonchev–Trinajstić information content (AvgIpc) is 1.85. The van der Waals surface area contributed by atoms with Gasteiger partial charge in [-0.1, -0.05) is 61.1 Å². The first-order valence-electron chi connectivity index (χ1n) is 5.06. The predicted octanol–water partition coefficient (Wildman–Crippen LogP) is 4.69. The van der Waals surface area contributed by atoms with Gasteiger partial charge >= 0.3 is 0 Å². The summed E-state index contributed by atoms with van der Waals surface area (Å²) >= 11 is 0. The van der Waals surface area contributed by atoms with E-state index in [2.05, 4.69) is 54.6 Å². The lowest BCUT2D eigenvalue weighted by Gasteiger charge is -2.48. The van der Waals surface area contributed by atoms with Crippen molar-refractivity contribution in [3.05, 3.63) is 0 Å². The summed E-state index contributed by atoms with van der Waals surface area (Å²) in [6.45, 7) is 19.4. The van der Waals surface area contributed by atoms with Gasteiger partial charge in [0.2, 0.25) is 0 Å². The molecule has 0 fully saturated rings. The second kappa shape index (κ2) is 3.17. The minimum absolute atomic E-state index is 0.520. The maximum absolute atomic E-state index is 2.52. The molecule has 0 aliphatic rings. The molecule has 0 nitrogen and oxygen atoms in total. The molecule has 0 aromatic rings. The summed E-state index contributed by atoms with van der Waals surface area (Å²) in [5.74, 6) is 0. The number of hydrogen-bond donors (Lipinski definition) is 0. The molecule has 0 aromatic heterocycles. The van der Waals surface area contributed by atoms with Gasteiger partial charge in [0.25, 0.3) is 0 Å². The quantitative estimate of drug-likeness (QED) is 0.549. The fraction of sp³-hybridized carbons (Fsp3) is 1.00. The van der Waals surface area contributed by atoms with Crippen molar-refractivity contribution >= 4 is 8.07 Å². The first-order chi connectivity index (χ1) is 5.06. The lowest BCUT2D eigenvalue weighted by atomic mass is 10.1. The molecular formula is C11H26Si. The van der Waals surface area contributed by atoms with Gasteiger partial charge in [-0.3, -0.25) is 0 Å². The SMILES string of the molecule is CCC(C)(C)[Si](C)(C)C(C)(C)C. The molecule has 0 unspecified atom stereocenters. The van der Waals surface area contributed by atoms with E-state index in [4.69, 9.17) is 0 Å². The molecule has 74 valence electrons. The average molecular weight is 186 g/mol. The molecule has 0 aliphatic heterocycles. The molecule has 1 heteroatoms. The van der Waals surface area contributed by atoms with Gasteiger partial charge in [-0.2, -0.15) is 0 Å². The van der Waals surface area contributed by atoms with Crippen molar-refractivity contribution < 1.29 is 0 Å². The van der Waals surface area contributed by atoms with E-state index in [9.17, 15) is 0 Å². The van der Waals surface area contributed by atoms with Crippen LogP contribution in [0.5, 0.6) is 0 Å². The van der Waals surface area contributed by atoms with E-state index in [1.54, 1.807) is 0 Å². The highest BCUT2D eigenvalue weighted by molar-refractivity contribution is 6.82. The highest BCUT2D eigenvalue weighted by Crippen LogP contribution is 2.52. The zero-order chi connectivity index (χ0) is 10.2. The summed E-state index contributed by atoms with van der Waals surface area (Å²) in [6.07, 6.45) is 1.31. The fourth-order valence-electron chi connectivity index (χ4n) is 1.46. The van der Waals surface area contributed by atoms with Crippen LogP contribution in [-0.2, 0) is 0 Å². The van der Waals surface area contributed by atoms with E-state index >= 15 is 0 Å². The summed E-state index contributed by atoms with van der Waals surface area (Å²) in [5, 5.41) is 1.08. The van der Waals surface area contributed by atoms with Crippen molar-refractivity contribution in [3.63, 3.8) is 0 Å². The lowest BCUT2D eigenvalue weighted by molar-refractivity contribution is 0.565. The van der Waals surface area contributed by atoms with Crippen molar-refractivity contribution in [1.29, 1.82) is 0 Å². The van der Waals surface area contributed by atoms with Gasteiger partial charge in [0.15, 0.2) is 0 Å². The third-order valence-corrected chi connectivity index (χ3v) is 11.9. The molecule has 0 saturated heterocycles. The van der Waals surface area contributed by atoms with Crippen LogP contribution in [0.2, 0.25) is 23.2 Å². The molecule has 0 aromatic carbocycles. The normalized spacial score (nSPS) is 15.0. The molecule has 0 amide bonds. The molecular weight excluding hydrogens is 160 g/mol. The van der Waals surface area contributed by atoms with Crippen molar-refractivity contribution in [2.75, 3.05) is 0 Å². The van der Waals surface area contributed by atoms with E-state index in [0.717, 1.165) is 0 Å². The first kappa shape index (κ1) is 12.2. The lowest BCUT2D eigenvalue weighted by Crippen LogP contribution is -2.46. The van der Waals surface area contributed by atoms with Crippen molar-refractivity contribution in [2.45, 2.75) is 71.1 Å². The Morgan fingerprint density at radius 1 is 0.917 bits per heavy atom. The zero-order valence-electron chi connectivity index (χ0n) is 10.2. The molecule has 0 radical (unpaired) electrons. The van der Waals surface area contributed by atoms with Crippen LogP contribution in [0.4, 0.5) is 0 Å². The van der Waals surface area contributed by atoms with Crippen LogP contribution in [0, 0.1) is 0 Å². The number of rotatable bonds is 2. The van der Waals surface area contributed by atoms with E-state index in [1.807, 2.05) is 0 Å². The van der Waals surface area contributed by atoms with E-state index in [1.165, 1.54) is 6.42 Å². The van der Waals surface area contributed by atoms with Crippen molar-refractivity contribution in [3.8, 4) is 0 Å². The molecule has 0 rings (SSSR count). The highest BCUT2D eigenvalue weighted by Gasteiger charge is 2.45. The van der Waals surface area contributed by atoms with E-state index in [0.29, 0.717) is 10.1 Å². The minimum atomic E-state index is -1.13. The smallest absolute Gasteiger partial charge is 0.0584 e. The Balaban J connectivity index is 4.85. The van der Waals surface area contributed by atoms with Crippen molar-refractivity contribution in [2.24, 2.45) is 0 Å². The van der Waals surface area contributed by atoms with Gasteiger partial charge in [0.05, 0.1) is 8.07 Å². The largest absolute Gasteiger partial charge is 0.0686 e. The van der Waals surface area contributed by atoms with Crippen LogP contribution >= 0.6 is 0 Å². The van der Waals surface area contributed by atoms with Gasteiger partial charge in [-0.15, -0.1) is 0 Å². The summed E-state index contributed by atoms with van der Waals surface area (Å²) in [7, 11) is -1.13. The Morgan fingerprint density at radius 3 is 1.33 bits per heavy atom. The van der Waals surface area contributed by atoms with Crippen molar-refractivity contribution in [1.82, 2.24) is 0 Å². The van der Waals surface area contributed by atoms with Crippen LogP contribution in [0.15, 0.2) is 0 Å². The standard InChI is InChI=1S/C11H26Si/c1-9-11(5,6)12(7,8)10(2,3)4/h9H2,1-8H3. The van der Waals surface area contributed by atoms with E-state index < -0.39 is 8.07 Å². The second-order valence-electron chi connectivity index (χ2n) is 6.11. The summed E-state index contributed by atoms with van der Waals surface area (Å²) in [6, 6.07) is 0. The van der Waals surface area contributed by atoms with Crippen LogP contribution < -0.4 is 0 Å². The summed E-state index contributed by atoms with van der Waals surface area (Å²) < 4.78 is 0. The Morgan fingerprint density at radius 2 is 1.25 bits per heavy atom. The topological polar surface area (TPSA) is 0 Å². The molecule has 0 aliphatic carbocycles. The molecule has 0 bridgehead atoms. The Kier molecular flexibility index (Phi) is 3.23. The fourth-order valence-corrected chi connectivity index (χ4v) is 4.37. The molecule has 0 heterocycles. The Labute approximate surface area is 79.8 Å². The van der Waals surface area contributed by atoms with Gasteiger partial charge in [-0.05, 0) is 10.1 Å². The van der Waals surface area contributed by atoms with Gasteiger partial charge < -0.3 is 0 Å². The van der Waals surface area contributed by atoms with Crippen LogP contribution in [0.1, 0.15) is 48.0 Å². The van der Waals surface area contributed by atoms with Gasteiger partial charge in [-0.25, -0.2) is 0 Å². The van der Waals surface area contributed by atoms with Crippen LogP contribution in [0.3, 0.4) is 0 Å². The zero-order valence-corrected chi connectivity index (χ0v) is 11.2. The Bertz CT molecular complexity index is 149. The van der Waals surface area contributed by atoms with Gasteiger partial charge in [0, 0.05) is 0 Å². The molecule has 0 saturated carbocycles. The second-order valence-corrected chi connectivity index (χ2v) is 12.2. The van der Waals surface area contributed by atoms with Gasteiger partial charge in [0.1, 0.15) is 0 Å². The molecule has 0 atom stereocenters. The highest BCUT2D eigenvalue weighted by atomic mass is 28.3. The molecule has 0 spiro atoms. The maximum Gasteiger partial charge on any atom is 0.0584 e. The van der Waals surface area contributed by atoms with Crippen LogP contribution in [-0.4, -0.2) is 8.07 Å².